The van der Waals surface area contributed by atoms with E-state index in [0.29, 0.717) is 6.07 Å². The van der Waals surface area contributed by atoms with Crippen molar-refractivity contribution < 1.29 is 30.7 Å². The molecule has 1 rings (SSSR count). The largest absolute Gasteiger partial charge is 0.435 e. The number of rotatable bonds is 1. The molecule has 0 aliphatic heterocycles. The van der Waals surface area contributed by atoms with Crippen LogP contribution in [-0.2, 0) is 5.67 Å². The Kier molecular flexibility index (Phi) is 4.55. The van der Waals surface area contributed by atoms with Crippen LogP contribution in [-0.4, -0.2) is 12.4 Å². The highest BCUT2D eigenvalue weighted by molar-refractivity contribution is 14.1. The molecule has 0 aliphatic rings. The molecule has 0 aliphatic carbocycles. The van der Waals surface area contributed by atoms with Crippen LogP contribution in [0.3, 0.4) is 0 Å². The summed E-state index contributed by atoms with van der Waals surface area (Å²) >= 11 is 2.79. The number of nitrogens with two attached hydrogens (primary N) is 1. The molecule has 0 radical (unpaired) electrons. The molecule has 0 saturated heterocycles. The van der Waals surface area contributed by atoms with Crippen LogP contribution in [0.1, 0.15) is 5.56 Å². The Balaban J connectivity index is 3.67. The van der Waals surface area contributed by atoms with Crippen molar-refractivity contribution in [2.45, 2.75) is 18.0 Å². The van der Waals surface area contributed by atoms with Gasteiger partial charge in [-0.3, -0.25) is 0 Å². The Morgan fingerprint density at radius 3 is 1.63 bits per heavy atom. The third-order valence-electron chi connectivity index (χ3n) is 2.28. The Labute approximate surface area is 130 Å². The summed E-state index contributed by atoms with van der Waals surface area (Å²) in [7, 11) is 0. The molecule has 1 aromatic carbocycles. The molecule has 1 aromatic rings. The number of alkyl halides is 7. The van der Waals surface area contributed by atoms with Crippen molar-refractivity contribution in [2.75, 3.05) is 5.73 Å². The minimum absolute atomic E-state index is 0.234. The summed E-state index contributed by atoms with van der Waals surface area (Å²) in [4.78, 5) is 0. The monoisotopic (exact) mass is 513 g/mol. The Morgan fingerprint density at radius 2 is 1.26 bits per heavy atom. The van der Waals surface area contributed by atoms with Crippen LogP contribution in [0.2, 0.25) is 0 Å². The zero-order valence-corrected chi connectivity index (χ0v) is 12.9. The number of nitrogen functional groups attached to an aromatic ring is 1. The third kappa shape index (κ3) is 2.74. The molecule has 10 heteroatoms. The molecular formula is C9H4F7I2N. The van der Waals surface area contributed by atoms with Crippen molar-refractivity contribution in [3.63, 3.8) is 0 Å². The standard InChI is InChI=1S/C9H4F7I2N/c10-7(8(11,12)13,9(14,15)16)3-1-2-4(17)6(19)5(3)18/h1-2H,19H2. The lowest BCUT2D eigenvalue weighted by Crippen LogP contribution is -2.51. The normalized spacial score (nSPS) is 13.7. The van der Waals surface area contributed by atoms with Crippen molar-refractivity contribution in [3.05, 3.63) is 24.8 Å². The zero-order valence-electron chi connectivity index (χ0n) is 8.63. The van der Waals surface area contributed by atoms with Gasteiger partial charge in [0.15, 0.2) is 0 Å². The van der Waals surface area contributed by atoms with Gasteiger partial charge in [-0.05, 0) is 51.2 Å². The van der Waals surface area contributed by atoms with E-state index >= 15 is 0 Å². The molecule has 0 spiro atoms. The first-order valence-electron chi connectivity index (χ1n) is 4.40. The van der Waals surface area contributed by atoms with Crippen LogP contribution >= 0.6 is 45.2 Å². The lowest BCUT2D eigenvalue weighted by Gasteiger charge is -2.31. The summed E-state index contributed by atoms with van der Waals surface area (Å²) in [5.41, 5.74) is -1.97. The highest BCUT2D eigenvalue weighted by Gasteiger charge is 2.74. The Bertz CT molecular complexity index is 481. The van der Waals surface area contributed by atoms with E-state index < -0.39 is 27.2 Å². The van der Waals surface area contributed by atoms with E-state index in [4.69, 9.17) is 5.73 Å². The van der Waals surface area contributed by atoms with E-state index in [1.165, 1.54) is 22.6 Å². The van der Waals surface area contributed by atoms with Gasteiger partial charge in [-0.1, -0.05) is 6.07 Å². The molecule has 2 N–H and O–H groups in total. The van der Waals surface area contributed by atoms with Crippen LogP contribution in [0.5, 0.6) is 0 Å². The van der Waals surface area contributed by atoms with Crippen molar-refractivity contribution >= 4 is 50.9 Å². The highest BCUT2D eigenvalue weighted by atomic mass is 127. The number of benzene rings is 1. The maximum atomic E-state index is 13.8. The number of hydrogen-bond acceptors (Lipinski definition) is 1. The average molecular weight is 513 g/mol. The van der Waals surface area contributed by atoms with Gasteiger partial charge in [0.05, 0.1) is 5.69 Å². The van der Waals surface area contributed by atoms with Crippen LogP contribution in [0, 0.1) is 7.14 Å². The molecule has 0 heterocycles. The fraction of sp³-hybridized carbons (Fsp3) is 0.333. The van der Waals surface area contributed by atoms with Gasteiger partial charge in [0.1, 0.15) is 0 Å². The molecule has 0 aromatic heterocycles. The zero-order chi connectivity index (χ0) is 15.2. The van der Waals surface area contributed by atoms with Gasteiger partial charge in [0, 0.05) is 12.7 Å². The number of halogens is 9. The van der Waals surface area contributed by atoms with Gasteiger partial charge < -0.3 is 5.73 Å². The number of hydrogen-bond donors (Lipinski definition) is 1. The van der Waals surface area contributed by atoms with Crippen molar-refractivity contribution in [3.8, 4) is 0 Å². The van der Waals surface area contributed by atoms with Gasteiger partial charge >= 0.3 is 18.0 Å². The minimum atomic E-state index is -6.13. The predicted molar refractivity (Wildman–Crippen MR) is 71.2 cm³/mol. The molecule has 0 bridgehead atoms. The van der Waals surface area contributed by atoms with Crippen LogP contribution in [0.25, 0.3) is 0 Å². The lowest BCUT2D eigenvalue weighted by atomic mass is 9.94. The van der Waals surface area contributed by atoms with E-state index in [9.17, 15) is 30.7 Å². The summed E-state index contributed by atoms with van der Waals surface area (Å²) in [5, 5.41) is 0. The first-order chi connectivity index (χ1) is 8.34. The topological polar surface area (TPSA) is 26.0 Å². The highest BCUT2D eigenvalue weighted by Crippen LogP contribution is 2.54. The molecule has 0 saturated carbocycles. The van der Waals surface area contributed by atoms with E-state index in [-0.39, 0.29) is 9.26 Å². The molecule has 108 valence electrons. The van der Waals surface area contributed by atoms with Crippen molar-refractivity contribution in [1.82, 2.24) is 0 Å². The van der Waals surface area contributed by atoms with Gasteiger partial charge in [-0.25, -0.2) is 4.39 Å². The van der Waals surface area contributed by atoms with E-state index in [1.54, 1.807) is 22.6 Å². The second-order valence-corrected chi connectivity index (χ2v) is 5.72. The van der Waals surface area contributed by atoms with Gasteiger partial charge in [-0.2, -0.15) is 26.3 Å². The fourth-order valence-corrected chi connectivity index (χ4v) is 3.11. The lowest BCUT2D eigenvalue weighted by molar-refractivity contribution is -0.348. The molecular weight excluding hydrogens is 509 g/mol. The van der Waals surface area contributed by atoms with Gasteiger partial charge in [0.25, 0.3) is 0 Å². The van der Waals surface area contributed by atoms with Gasteiger partial charge in [-0.15, -0.1) is 0 Å². The third-order valence-corrected chi connectivity index (χ3v) is 4.38. The minimum Gasteiger partial charge on any atom is -0.397 e. The quantitative estimate of drug-likeness (QED) is 0.327. The average Bonchev–Trinajstić information content (AvgIpc) is 2.22. The first kappa shape index (κ1) is 17.0. The maximum absolute atomic E-state index is 13.8. The van der Waals surface area contributed by atoms with E-state index in [1.807, 2.05) is 0 Å². The second kappa shape index (κ2) is 5.07. The summed E-state index contributed by atoms with van der Waals surface area (Å²) < 4.78 is 88.8. The van der Waals surface area contributed by atoms with Gasteiger partial charge in [0.2, 0.25) is 0 Å². The number of anilines is 1. The van der Waals surface area contributed by atoms with E-state index in [0.717, 1.165) is 6.07 Å². The molecule has 1 nitrogen and oxygen atoms in total. The summed E-state index contributed by atoms with van der Waals surface area (Å²) in [6, 6.07) is 1.35. The van der Waals surface area contributed by atoms with E-state index in [2.05, 4.69) is 0 Å². The molecule has 0 atom stereocenters. The molecule has 0 unspecified atom stereocenters. The predicted octanol–water partition coefficient (Wildman–Crippen LogP) is 4.77. The summed E-state index contributed by atoms with van der Waals surface area (Å²) in [6.45, 7) is 0. The van der Waals surface area contributed by atoms with Crippen LogP contribution < -0.4 is 5.73 Å². The second-order valence-electron chi connectivity index (χ2n) is 3.48. The Morgan fingerprint density at radius 1 is 0.842 bits per heavy atom. The summed E-state index contributed by atoms with van der Waals surface area (Å²) in [6.07, 6.45) is -12.3. The fourth-order valence-electron chi connectivity index (χ4n) is 1.30. The molecule has 19 heavy (non-hydrogen) atoms. The van der Waals surface area contributed by atoms with Crippen molar-refractivity contribution in [2.24, 2.45) is 0 Å². The van der Waals surface area contributed by atoms with Crippen LogP contribution in [0.4, 0.5) is 36.4 Å². The smallest absolute Gasteiger partial charge is 0.397 e. The SMILES string of the molecule is Nc1c(I)ccc(C(F)(C(F)(F)F)C(F)(F)F)c1I. The summed E-state index contributed by atoms with van der Waals surface area (Å²) in [5.74, 6) is 0. The maximum Gasteiger partial charge on any atom is 0.435 e. The van der Waals surface area contributed by atoms with Crippen molar-refractivity contribution in [1.29, 1.82) is 0 Å². The first-order valence-corrected chi connectivity index (χ1v) is 6.56. The Hall–Kier alpha value is -0.0100. The van der Waals surface area contributed by atoms with Crippen LogP contribution in [0.15, 0.2) is 12.1 Å². The molecule has 0 amide bonds. The molecule has 0 fully saturated rings.